The molecule has 1 aliphatic rings. The molecule has 1 fully saturated rings. The molecule has 0 aromatic heterocycles. The van der Waals surface area contributed by atoms with Crippen molar-refractivity contribution < 1.29 is 24.2 Å². The van der Waals surface area contributed by atoms with Crippen LogP contribution < -0.4 is 4.90 Å². The van der Waals surface area contributed by atoms with Crippen LogP contribution in [0.25, 0.3) is 5.76 Å². The number of amides is 1. The number of hydrogen-bond acceptors (Lipinski definition) is 5. The van der Waals surface area contributed by atoms with Gasteiger partial charge < -0.3 is 9.84 Å². The first kappa shape index (κ1) is 24.0. The van der Waals surface area contributed by atoms with Crippen molar-refractivity contribution in [3.63, 3.8) is 0 Å². The smallest absolute Gasteiger partial charge is 0.338 e. The Hall–Kier alpha value is -4.19. The van der Waals surface area contributed by atoms with Crippen LogP contribution in [0.15, 0.2) is 84.4 Å². The highest BCUT2D eigenvalue weighted by molar-refractivity contribution is 6.51. The summed E-state index contributed by atoms with van der Waals surface area (Å²) in [5.41, 5.74) is 3.04. The van der Waals surface area contributed by atoms with Crippen LogP contribution in [-0.2, 0) is 20.7 Å². The molecule has 1 N–H and O–H groups in total. The molecule has 1 heterocycles. The van der Waals surface area contributed by atoms with E-state index in [-0.39, 0.29) is 17.4 Å². The molecule has 1 aliphatic heterocycles. The van der Waals surface area contributed by atoms with E-state index >= 15 is 0 Å². The van der Waals surface area contributed by atoms with Crippen molar-refractivity contribution in [1.29, 1.82) is 0 Å². The van der Waals surface area contributed by atoms with Crippen LogP contribution >= 0.6 is 0 Å². The highest BCUT2D eigenvalue weighted by atomic mass is 16.5. The number of ether oxygens (including phenoxy) is 1. The maximum atomic E-state index is 13.2. The van der Waals surface area contributed by atoms with Crippen LogP contribution in [0.5, 0.6) is 0 Å². The lowest BCUT2D eigenvalue weighted by Crippen LogP contribution is -2.29. The number of carbonyl (C=O) groups is 3. The Bertz CT molecular complexity index is 1270. The first-order valence-corrected chi connectivity index (χ1v) is 11.6. The normalized spacial score (nSPS) is 17.1. The minimum Gasteiger partial charge on any atom is -0.507 e. The monoisotopic (exact) mass is 469 g/mol. The van der Waals surface area contributed by atoms with Crippen molar-refractivity contribution in [2.24, 2.45) is 0 Å². The van der Waals surface area contributed by atoms with Crippen molar-refractivity contribution in [3.8, 4) is 0 Å². The molecule has 6 nitrogen and oxygen atoms in total. The number of Topliss-reactive ketones (excluding diaryl/α,β-unsaturated/α-hetero) is 1. The van der Waals surface area contributed by atoms with Gasteiger partial charge in [0.15, 0.2) is 0 Å². The highest BCUT2D eigenvalue weighted by Crippen LogP contribution is 2.42. The number of ketones is 1. The van der Waals surface area contributed by atoms with Crippen LogP contribution in [0.3, 0.4) is 0 Å². The van der Waals surface area contributed by atoms with Gasteiger partial charge in [0, 0.05) is 11.3 Å². The standard InChI is InChI=1S/C29H27NO5/c1-4-19-10-12-21(13-11-19)26(31)24-25(20-8-6-5-7-9-20)30(28(33)27(24)32)23-16-14-22(15-17-23)29(34)35-18(2)3/h5-18,25,31H,4H2,1-3H3/b26-24+. The average Bonchev–Trinajstić information content (AvgIpc) is 3.14. The van der Waals surface area contributed by atoms with E-state index in [4.69, 9.17) is 4.74 Å². The summed E-state index contributed by atoms with van der Waals surface area (Å²) in [5.74, 6) is -2.20. The van der Waals surface area contributed by atoms with E-state index in [1.165, 1.54) is 4.90 Å². The molecule has 0 saturated carbocycles. The third kappa shape index (κ3) is 4.73. The van der Waals surface area contributed by atoms with Crippen LogP contribution in [0, 0.1) is 0 Å². The number of nitrogens with zero attached hydrogens (tertiary/aromatic N) is 1. The van der Waals surface area contributed by atoms with Crippen LogP contribution in [0.4, 0.5) is 5.69 Å². The molecule has 1 amide bonds. The van der Waals surface area contributed by atoms with Crippen LogP contribution in [0.1, 0.15) is 53.9 Å². The van der Waals surface area contributed by atoms with E-state index < -0.39 is 23.7 Å². The van der Waals surface area contributed by atoms with E-state index in [0.29, 0.717) is 22.4 Å². The fourth-order valence-electron chi connectivity index (χ4n) is 4.14. The molecule has 0 bridgehead atoms. The second-order valence-corrected chi connectivity index (χ2v) is 8.63. The molecule has 0 aliphatic carbocycles. The van der Waals surface area contributed by atoms with Crippen molar-refractivity contribution in [1.82, 2.24) is 0 Å². The molecule has 4 rings (SSSR count). The number of benzene rings is 3. The molecule has 0 spiro atoms. The Labute approximate surface area is 204 Å². The molecule has 178 valence electrons. The van der Waals surface area contributed by atoms with Crippen LogP contribution in [-0.4, -0.2) is 28.9 Å². The molecule has 3 aromatic carbocycles. The lowest BCUT2D eigenvalue weighted by Gasteiger charge is -2.25. The lowest BCUT2D eigenvalue weighted by atomic mass is 9.94. The fourth-order valence-corrected chi connectivity index (χ4v) is 4.14. The molecule has 3 aromatic rings. The molecule has 1 saturated heterocycles. The Balaban J connectivity index is 1.81. The van der Waals surface area contributed by atoms with Crippen molar-refractivity contribution >= 4 is 29.1 Å². The quantitative estimate of drug-likeness (QED) is 0.225. The zero-order chi connectivity index (χ0) is 25.1. The highest BCUT2D eigenvalue weighted by Gasteiger charge is 2.46. The lowest BCUT2D eigenvalue weighted by molar-refractivity contribution is -0.132. The summed E-state index contributed by atoms with van der Waals surface area (Å²) < 4.78 is 5.23. The molecular formula is C29H27NO5. The summed E-state index contributed by atoms with van der Waals surface area (Å²) >= 11 is 0. The molecule has 1 atom stereocenters. The maximum Gasteiger partial charge on any atom is 0.338 e. The summed E-state index contributed by atoms with van der Waals surface area (Å²) in [6.07, 6.45) is 0.584. The fraction of sp³-hybridized carbons (Fsp3) is 0.207. The number of aliphatic hydroxyl groups excluding tert-OH is 1. The number of carbonyl (C=O) groups excluding carboxylic acids is 3. The van der Waals surface area contributed by atoms with Crippen molar-refractivity contribution in [2.75, 3.05) is 4.90 Å². The van der Waals surface area contributed by atoms with E-state index in [1.807, 2.05) is 49.4 Å². The molecule has 0 radical (unpaired) electrons. The van der Waals surface area contributed by atoms with Crippen molar-refractivity contribution in [3.05, 3.63) is 107 Å². The van der Waals surface area contributed by atoms with Gasteiger partial charge in [-0.1, -0.05) is 61.5 Å². The zero-order valence-electron chi connectivity index (χ0n) is 19.9. The maximum absolute atomic E-state index is 13.2. The Morgan fingerprint density at radius 1 is 0.914 bits per heavy atom. The number of aliphatic hydroxyl groups is 1. The van der Waals surface area contributed by atoms with Gasteiger partial charge >= 0.3 is 5.97 Å². The Morgan fingerprint density at radius 3 is 2.09 bits per heavy atom. The van der Waals surface area contributed by atoms with E-state index in [2.05, 4.69) is 0 Å². The minimum absolute atomic E-state index is 0.0220. The second kappa shape index (κ2) is 9.97. The summed E-state index contributed by atoms with van der Waals surface area (Å²) in [6, 6.07) is 21.9. The van der Waals surface area contributed by atoms with Gasteiger partial charge in [-0.2, -0.15) is 0 Å². The molecule has 35 heavy (non-hydrogen) atoms. The molecule has 1 unspecified atom stereocenters. The van der Waals surface area contributed by atoms with Gasteiger partial charge in [-0.05, 0) is 55.7 Å². The summed E-state index contributed by atoms with van der Waals surface area (Å²) in [4.78, 5) is 40.1. The first-order chi connectivity index (χ1) is 16.8. The van der Waals surface area contributed by atoms with Gasteiger partial charge in [-0.3, -0.25) is 14.5 Å². The van der Waals surface area contributed by atoms with Crippen LogP contribution in [0.2, 0.25) is 0 Å². The third-order valence-corrected chi connectivity index (χ3v) is 5.92. The van der Waals surface area contributed by atoms with E-state index in [0.717, 1.165) is 12.0 Å². The largest absolute Gasteiger partial charge is 0.507 e. The van der Waals surface area contributed by atoms with Gasteiger partial charge in [0.25, 0.3) is 11.7 Å². The van der Waals surface area contributed by atoms with Gasteiger partial charge in [0.1, 0.15) is 5.76 Å². The van der Waals surface area contributed by atoms with E-state index in [1.54, 1.807) is 50.2 Å². The summed E-state index contributed by atoms with van der Waals surface area (Å²) in [5, 5.41) is 11.2. The Kier molecular flexibility index (Phi) is 6.82. The minimum atomic E-state index is -0.824. The van der Waals surface area contributed by atoms with Gasteiger partial charge in [0.2, 0.25) is 0 Å². The number of aryl methyl sites for hydroxylation is 1. The number of anilines is 1. The van der Waals surface area contributed by atoms with Crippen molar-refractivity contribution in [2.45, 2.75) is 39.3 Å². The van der Waals surface area contributed by atoms with Gasteiger partial charge in [-0.25, -0.2) is 4.79 Å². The first-order valence-electron chi connectivity index (χ1n) is 11.6. The topological polar surface area (TPSA) is 83.9 Å². The summed E-state index contributed by atoms with van der Waals surface area (Å²) in [6.45, 7) is 5.56. The number of rotatable bonds is 6. The number of esters is 1. The zero-order valence-corrected chi connectivity index (χ0v) is 19.9. The Morgan fingerprint density at radius 2 is 1.51 bits per heavy atom. The SMILES string of the molecule is CCc1ccc(/C(O)=C2\C(=O)C(=O)N(c3ccc(C(=O)OC(C)C)cc3)C2c2ccccc2)cc1. The average molecular weight is 470 g/mol. The molecular weight excluding hydrogens is 442 g/mol. The van der Waals surface area contributed by atoms with E-state index in [9.17, 15) is 19.5 Å². The predicted molar refractivity (Wildman–Crippen MR) is 134 cm³/mol. The molecule has 6 heteroatoms. The van der Waals surface area contributed by atoms with Gasteiger partial charge in [-0.15, -0.1) is 0 Å². The van der Waals surface area contributed by atoms with Gasteiger partial charge in [0.05, 0.1) is 23.3 Å². The second-order valence-electron chi connectivity index (χ2n) is 8.63. The summed E-state index contributed by atoms with van der Waals surface area (Å²) in [7, 11) is 0. The number of hydrogen-bond donors (Lipinski definition) is 1. The predicted octanol–water partition coefficient (Wildman–Crippen LogP) is 5.44. The third-order valence-electron chi connectivity index (χ3n) is 5.92.